The van der Waals surface area contributed by atoms with Gasteiger partial charge in [0, 0.05) is 12.0 Å². The average Bonchev–Trinajstić information content (AvgIpc) is 2.40. The maximum absolute atomic E-state index is 13.9. The molecule has 0 aliphatic rings. The summed E-state index contributed by atoms with van der Waals surface area (Å²) in [5.74, 6) is -0.466. The molecule has 0 radical (unpaired) electrons. The number of carbonyl (C=O) groups excluding carboxylic acids is 1. The third-order valence-corrected chi connectivity index (χ3v) is 2.97. The van der Waals surface area contributed by atoms with E-state index in [4.69, 9.17) is 11.6 Å². The second-order valence-electron chi connectivity index (χ2n) is 4.03. The summed E-state index contributed by atoms with van der Waals surface area (Å²) in [7, 11) is 0. The van der Waals surface area contributed by atoms with Crippen LogP contribution in [0.25, 0.3) is 11.1 Å². The summed E-state index contributed by atoms with van der Waals surface area (Å²) in [4.78, 5) is 11.2. The van der Waals surface area contributed by atoms with Crippen molar-refractivity contribution in [3.8, 4) is 11.1 Å². The molecule has 0 bridgehead atoms. The topological polar surface area (TPSA) is 17.1 Å². The van der Waals surface area contributed by atoms with E-state index in [-0.39, 0.29) is 23.9 Å². The average molecular weight is 263 g/mol. The van der Waals surface area contributed by atoms with Gasteiger partial charge in [0.25, 0.3) is 0 Å². The van der Waals surface area contributed by atoms with Gasteiger partial charge in [0.2, 0.25) is 0 Å². The van der Waals surface area contributed by atoms with E-state index >= 15 is 0 Å². The molecule has 0 fully saturated rings. The summed E-state index contributed by atoms with van der Waals surface area (Å²) in [6, 6.07) is 14.2. The minimum atomic E-state index is -0.318. The Balaban J connectivity index is 2.28. The highest BCUT2D eigenvalue weighted by atomic mass is 35.5. The Morgan fingerprint density at radius 3 is 2.44 bits per heavy atom. The van der Waals surface area contributed by atoms with Crippen molar-refractivity contribution in [1.29, 1.82) is 0 Å². The first-order chi connectivity index (χ1) is 8.70. The van der Waals surface area contributed by atoms with Crippen LogP contribution in [0.15, 0.2) is 48.5 Å². The van der Waals surface area contributed by atoms with Gasteiger partial charge >= 0.3 is 0 Å². The van der Waals surface area contributed by atoms with Crippen LogP contribution in [-0.2, 0) is 11.2 Å². The molecule has 0 N–H and O–H groups in total. The lowest BCUT2D eigenvalue weighted by Gasteiger charge is -2.05. The molecule has 0 saturated heterocycles. The van der Waals surface area contributed by atoms with Crippen LogP contribution in [0.3, 0.4) is 0 Å². The second kappa shape index (κ2) is 5.78. The highest BCUT2D eigenvalue weighted by molar-refractivity contribution is 6.27. The lowest BCUT2D eigenvalue weighted by atomic mass is 10.0. The van der Waals surface area contributed by atoms with Gasteiger partial charge in [-0.3, -0.25) is 4.79 Å². The molecule has 0 unspecified atom stereocenters. The van der Waals surface area contributed by atoms with E-state index < -0.39 is 0 Å². The van der Waals surface area contributed by atoms with Crippen molar-refractivity contribution in [2.24, 2.45) is 0 Å². The van der Waals surface area contributed by atoms with Crippen LogP contribution >= 0.6 is 11.6 Å². The van der Waals surface area contributed by atoms with Crippen LogP contribution in [0.2, 0.25) is 0 Å². The van der Waals surface area contributed by atoms with Gasteiger partial charge in [-0.1, -0.05) is 42.5 Å². The molecule has 3 heteroatoms. The largest absolute Gasteiger partial charge is 0.298 e. The van der Waals surface area contributed by atoms with Gasteiger partial charge in [-0.05, 0) is 17.2 Å². The number of hydrogen-bond donors (Lipinski definition) is 0. The van der Waals surface area contributed by atoms with Gasteiger partial charge in [-0.15, -0.1) is 11.6 Å². The fourth-order valence-electron chi connectivity index (χ4n) is 1.80. The predicted octanol–water partition coefficient (Wildman–Crippen LogP) is 3.84. The molecule has 18 heavy (non-hydrogen) atoms. The van der Waals surface area contributed by atoms with E-state index in [1.165, 1.54) is 6.07 Å². The monoisotopic (exact) mass is 262 g/mol. The molecular formula is C15H12ClFO. The summed E-state index contributed by atoms with van der Waals surface area (Å²) in [6.07, 6.45) is 0.176. The number of hydrogen-bond acceptors (Lipinski definition) is 1. The normalized spacial score (nSPS) is 10.3. The maximum Gasteiger partial charge on any atom is 0.151 e. The number of ketones is 1. The summed E-state index contributed by atoms with van der Waals surface area (Å²) < 4.78 is 13.9. The van der Waals surface area contributed by atoms with E-state index in [1.807, 2.05) is 30.3 Å². The summed E-state index contributed by atoms with van der Waals surface area (Å²) in [5.41, 5.74) is 2.01. The Kier molecular flexibility index (Phi) is 4.11. The van der Waals surface area contributed by atoms with Crippen LogP contribution in [-0.4, -0.2) is 11.7 Å². The van der Waals surface area contributed by atoms with E-state index in [2.05, 4.69) is 0 Å². The SMILES string of the molecule is O=C(CCl)Cc1ccc(-c2ccccc2)c(F)c1. The predicted molar refractivity (Wildman–Crippen MR) is 71.3 cm³/mol. The summed E-state index contributed by atoms with van der Waals surface area (Å²) in [6.45, 7) is 0. The van der Waals surface area contributed by atoms with Crippen molar-refractivity contribution in [1.82, 2.24) is 0 Å². The smallest absolute Gasteiger partial charge is 0.151 e. The van der Waals surface area contributed by atoms with Gasteiger partial charge in [0.1, 0.15) is 5.82 Å². The summed E-state index contributed by atoms with van der Waals surface area (Å²) >= 11 is 5.43. The zero-order valence-corrected chi connectivity index (χ0v) is 10.5. The number of halogens is 2. The fraction of sp³-hybridized carbons (Fsp3) is 0.133. The Bertz CT molecular complexity index is 552. The molecule has 1 nitrogen and oxygen atoms in total. The molecule has 0 aliphatic heterocycles. The number of Topliss-reactive ketones (excluding diaryl/α,β-unsaturated/α-hetero) is 1. The first-order valence-electron chi connectivity index (χ1n) is 5.62. The number of rotatable bonds is 4. The molecule has 92 valence electrons. The fourth-order valence-corrected chi connectivity index (χ4v) is 1.89. The lowest BCUT2D eigenvalue weighted by Crippen LogP contribution is -2.04. The number of carbonyl (C=O) groups is 1. The molecule has 0 heterocycles. The van der Waals surface area contributed by atoms with Crippen LogP contribution < -0.4 is 0 Å². The van der Waals surface area contributed by atoms with E-state index in [0.29, 0.717) is 11.1 Å². The zero-order valence-electron chi connectivity index (χ0n) is 9.70. The highest BCUT2D eigenvalue weighted by Crippen LogP contribution is 2.23. The van der Waals surface area contributed by atoms with Crippen molar-refractivity contribution in [3.63, 3.8) is 0 Å². The lowest BCUT2D eigenvalue weighted by molar-refractivity contribution is -0.116. The van der Waals surface area contributed by atoms with Gasteiger partial charge in [0.15, 0.2) is 5.78 Å². The minimum absolute atomic E-state index is 0.0396. The number of alkyl halides is 1. The second-order valence-corrected chi connectivity index (χ2v) is 4.30. The molecule has 0 amide bonds. The molecular weight excluding hydrogens is 251 g/mol. The molecule has 0 spiro atoms. The van der Waals surface area contributed by atoms with Crippen LogP contribution in [0, 0.1) is 5.82 Å². The van der Waals surface area contributed by atoms with Crippen molar-refractivity contribution in [2.45, 2.75) is 6.42 Å². The van der Waals surface area contributed by atoms with Crippen molar-refractivity contribution in [3.05, 3.63) is 59.9 Å². The molecule has 0 aromatic heterocycles. The zero-order chi connectivity index (χ0) is 13.0. The Hall–Kier alpha value is -1.67. The third-order valence-electron chi connectivity index (χ3n) is 2.67. The third kappa shape index (κ3) is 2.96. The van der Waals surface area contributed by atoms with Crippen LogP contribution in [0.4, 0.5) is 4.39 Å². The van der Waals surface area contributed by atoms with E-state index in [0.717, 1.165) is 5.56 Å². The van der Waals surface area contributed by atoms with Gasteiger partial charge in [-0.2, -0.15) is 0 Å². The van der Waals surface area contributed by atoms with E-state index in [9.17, 15) is 9.18 Å². The first kappa shape index (κ1) is 12.8. The molecule has 2 rings (SSSR count). The highest BCUT2D eigenvalue weighted by Gasteiger charge is 2.08. The quantitative estimate of drug-likeness (QED) is 0.765. The summed E-state index contributed by atoms with van der Waals surface area (Å²) in [5, 5.41) is 0. The standard InChI is InChI=1S/C15H12ClFO/c16-10-13(18)8-11-6-7-14(15(17)9-11)12-4-2-1-3-5-12/h1-7,9H,8,10H2. The van der Waals surface area contributed by atoms with Crippen LogP contribution in [0.5, 0.6) is 0 Å². The van der Waals surface area contributed by atoms with E-state index in [1.54, 1.807) is 12.1 Å². The Morgan fingerprint density at radius 2 is 1.83 bits per heavy atom. The number of benzene rings is 2. The van der Waals surface area contributed by atoms with Crippen LogP contribution in [0.1, 0.15) is 5.56 Å². The maximum atomic E-state index is 13.9. The van der Waals surface area contributed by atoms with Gasteiger partial charge in [-0.25, -0.2) is 4.39 Å². The molecule has 0 atom stereocenters. The van der Waals surface area contributed by atoms with Gasteiger partial charge < -0.3 is 0 Å². The molecule has 0 aliphatic carbocycles. The minimum Gasteiger partial charge on any atom is -0.298 e. The molecule has 2 aromatic rings. The van der Waals surface area contributed by atoms with Gasteiger partial charge in [0.05, 0.1) is 5.88 Å². The first-order valence-corrected chi connectivity index (χ1v) is 6.15. The van der Waals surface area contributed by atoms with Crippen molar-refractivity contribution in [2.75, 3.05) is 5.88 Å². The van der Waals surface area contributed by atoms with Crippen molar-refractivity contribution < 1.29 is 9.18 Å². The molecule has 2 aromatic carbocycles. The van der Waals surface area contributed by atoms with Crippen molar-refractivity contribution >= 4 is 17.4 Å². The Labute approximate surface area is 110 Å². The molecule has 0 saturated carbocycles. The Morgan fingerprint density at radius 1 is 1.11 bits per heavy atom.